The minimum absolute atomic E-state index is 0.535. The second kappa shape index (κ2) is 6.09. The molecule has 3 heterocycles. The molecule has 0 aliphatic carbocycles. The van der Waals surface area contributed by atoms with Crippen LogP contribution in [-0.2, 0) is 6.54 Å². The Kier molecular flexibility index (Phi) is 4.02. The molecule has 4 nitrogen and oxygen atoms in total. The van der Waals surface area contributed by atoms with Gasteiger partial charge in [-0.2, -0.15) is 0 Å². The summed E-state index contributed by atoms with van der Waals surface area (Å²) >= 11 is 0. The molecular weight excluding hydrogens is 248 g/mol. The van der Waals surface area contributed by atoms with Gasteiger partial charge in [-0.1, -0.05) is 0 Å². The van der Waals surface area contributed by atoms with Gasteiger partial charge >= 0.3 is 0 Å². The molecule has 1 aliphatic rings. The molecule has 2 aromatic heterocycles. The normalized spacial score (nSPS) is 19.9. The third kappa shape index (κ3) is 3.20. The van der Waals surface area contributed by atoms with E-state index < -0.39 is 0 Å². The van der Waals surface area contributed by atoms with Crippen molar-refractivity contribution in [3.8, 4) is 0 Å². The Morgan fingerprint density at radius 2 is 2.05 bits per heavy atom. The zero-order valence-electron chi connectivity index (χ0n) is 11.9. The number of hydrogen-bond acceptors (Lipinski definition) is 4. The largest absolute Gasteiger partial charge is 0.298 e. The smallest absolute Gasteiger partial charge is 0.125 e. The highest BCUT2D eigenvalue weighted by Gasteiger charge is 2.22. The Morgan fingerprint density at radius 3 is 2.85 bits per heavy atom. The van der Waals surface area contributed by atoms with Crippen molar-refractivity contribution in [1.82, 2.24) is 19.9 Å². The van der Waals surface area contributed by atoms with Crippen molar-refractivity contribution in [3.63, 3.8) is 0 Å². The van der Waals surface area contributed by atoms with Gasteiger partial charge in [0.2, 0.25) is 0 Å². The summed E-state index contributed by atoms with van der Waals surface area (Å²) in [4.78, 5) is 15.4. The molecule has 3 rings (SSSR count). The van der Waals surface area contributed by atoms with Gasteiger partial charge in [0.1, 0.15) is 5.82 Å². The number of pyridine rings is 1. The highest BCUT2D eigenvalue weighted by molar-refractivity contribution is 5.12. The molecule has 1 saturated heterocycles. The predicted molar refractivity (Wildman–Crippen MR) is 78.3 cm³/mol. The zero-order valence-corrected chi connectivity index (χ0v) is 11.9. The molecular formula is C16H20N4. The molecule has 2 aromatic rings. The Hall–Kier alpha value is -1.81. The number of likely N-dealkylation sites (tertiary alicyclic amines) is 1. The van der Waals surface area contributed by atoms with Crippen LogP contribution in [0.2, 0.25) is 0 Å². The number of nitrogens with zero attached hydrogens (tertiary/aromatic N) is 4. The maximum Gasteiger partial charge on any atom is 0.125 e. The highest BCUT2D eigenvalue weighted by Crippen LogP contribution is 2.26. The Labute approximate surface area is 119 Å². The van der Waals surface area contributed by atoms with Gasteiger partial charge in [-0.05, 0) is 50.1 Å². The van der Waals surface area contributed by atoms with E-state index >= 15 is 0 Å². The fourth-order valence-corrected chi connectivity index (χ4v) is 2.89. The van der Waals surface area contributed by atoms with E-state index in [0.29, 0.717) is 5.92 Å². The Balaban J connectivity index is 1.67. The van der Waals surface area contributed by atoms with Gasteiger partial charge in [0.25, 0.3) is 0 Å². The average Bonchev–Trinajstić information content (AvgIpc) is 2.49. The lowest BCUT2D eigenvalue weighted by atomic mass is 9.94. The molecule has 0 aromatic carbocycles. The van der Waals surface area contributed by atoms with Gasteiger partial charge in [-0.3, -0.25) is 9.88 Å². The summed E-state index contributed by atoms with van der Waals surface area (Å²) in [6, 6.07) is 6.25. The van der Waals surface area contributed by atoms with Crippen molar-refractivity contribution in [1.29, 1.82) is 0 Å². The van der Waals surface area contributed by atoms with Crippen LogP contribution >= 0.6 is 0 Å². The summed E-state index contributed by atoms with van der Waals surface area (Å²) in [6.07, 6.45) is 8.07. The zero-order chi connectivity index (χ0) is 13.8. The lowest BCUT2D eigenvalue weighted by Crippen LogP contribution is -2.34. The summed E-state index contributed by atoms with van der Waals surface area (Å²) in [6.45, 7) is 5.21. The van der Waals surface area contributed by atoms with Crippen molar-refractivity contribution in [2.75, 3.05) is 13.1 Å². The molecule has 1 fully saturated rings. The fraction of sp³-hybridized carbons (Fsp3) is 0.438. The molecule has 4 heteroatoms. The minimum Gasteiger partial charge on any atom is -0.298 e. The average molecular weight is 268 g/mol. The molecule has 1 aliphatic heterocycles. The van der Waals surface area contributed by atoms with Gasteiger partial charge in [0, 0.05) is 43.3 Å². The van der Waals surface area contributed by atoms with E-state index in [1.54, 1.807) is 0 Å². The number of aryl methyl sites for hydroxylation is 1. The molecule has 0 radical (unpaired) electrons. The van der Waals surface area contributed by atoms with E-state index in [1.165, 1.54) is 30.6 Å². The van der Waals surface area contributed by atoms with Crippen molar-refractivity contribution >= 4 is 0 Å². The maximum absolute atomic E-state index is 4.59. The standard InChI is InChI=1S/C16H20N4/c1-13-18-9-6-16(19-13)15-3-2-10-20(12-15)11-14-4-7-17-8-5-14/h4-9,15H,2-3,10-12H2,1H3. The monoisotopic (exact) mass is 268 g/mol. The summed E-state index contributed by atoms with van der Waals surface area (Å²) in [5.41, 5.74) is 2.52. The van der Waals surface area contributed by atoms with Gasteiger partial charge in [-0.25, -0.2) is 9.97 Å². The van der Waals surface area contributed by atoms with Crippen LogP contribution < -0.4 is 0 Å². The number of aromatic nitrogens is 3. The summed E-state index contributed by atoms with van der Waals surface area (Å²) in [7, 11) is 0. The number of piperidine rings is 1. The highest BCUT2D eigenvalue weighted by atomic mass is 15.1. The first-order valence-corrected chi connectivity index (χ1v) is 7.22. The van der Waals surface area contributed by atoms with Crippen LogP contribution in [0.25, 0.3) is 0 Å². The lowest BCUT2D eigenvalue weighted by Gasteiger charge is -2.32. The summed E-state index contributed by atoms with van der Waals surface area (Å²) < 4.78 is 0. The van der Waals surface area contributed by atoms with E-state index in [9.17, 15) is 0 Å². The summed E-state index contributed by atoms with van der Waals surface area (Å²) in [5, 5.41) is 0. The molecule has 1 atom stereocenters. The van der Waals surface area contributed by atoms with Crippen molar-refractivity contribution in [3.05, 3.63) is 53.9 Å². The Bertz CT molecular complexity index is 555. The van der Waals surface area contributed by atoms with E-state index in [2.05, 4.69) is 38.1 Å². The van der Waals surface area contributed by atoms with E-state index in [0.717, 1.165) is 18.9 Å². The molecule has 0 spiro atoms. The van der Waals surface area contributed by atoms with Crippen molar-refractivity contribution in [2.45, 2.75) is 32.2 Å². The topological polar surface area (TPSA) is 41.9 Å². The first kappa shape index (κ1) is 13.2. The van der Waals surface area contributed by atoms with Crippen LogP contribution in [0.3, 0.4) is 0 Å². The SMILES string of the molecule is Cc1nccc(C2CCCN(Cc3ccncc3)C2)n1. The van der Waals surface area contributed by atoms with Gasteiger partial charge in [0.05, 0.1) is 0 Å². The third-order valence-corrected chi connectivity index (χ3v) is 3.88. The van der Waals surface area contributed by atoms with E-state index in [-0.39, 0.29) is 0 Å². The van der Waals surface area contributed by atoms with Crippen LogP contribution in [-0.4, -0.2) is 32.9 Å². The Morgan fingerprint density at radius 1 is 1.20 bits per heavy atom. The van der Waals surface area contributed by atoms with Crippen LogP contribution in [0.1, 0.15) is 35.8 Å². The lowest BCUT2D eigenvalue weighted by molar-refractivity contribution is 0.198. The number of rotatable bonds is 3. The second-order valence-electron chi connectivity index (χ2n) is 5.46. The first-order valence-electron chi connectivity index (χ1n) is 7.22. The predicted octanol–water partition coefficient (Wildman–Crippen LogP) is 2.56. The van der Waals surface area contributed by atoms with Crippen molar-refractivity contribution in [2.24, 2.45) is 0 Å². The van der Waals surface area contributed by atoms with Crippen LogP contribution in [0.15, 0.2) is 36.8 Å². The molecule has 104 valence electrons. The summed E-state index contributed by atoms with van der Waals surface area (Å²) in [5.74, 6) is 1.40. The molecule has 20 heavy (non-hydrogen) atoms. The quantitative estimate of drug-likeness (QED) is 0.858. The van der Waals surface area contributed by atoms with Crippen molar-refractivity contribution < 1.29 is 0 Å². The van der Waals surface area contributed by atoms with Gasteiger partial charge in [0.15, 0.2) is 0 Å². The first-order chi connectivity index (χ1) is 9.81. The van der Waals surface area contributed by atoms with Gasteiger partial charge in [-0.15, -0.1) is 0 Å². The minimum atomic E-state index is 0.535. The molecule has 0 saturated carbocycles. The molecule has 0 bridgehead atoms. The van der Waals surface area contributed by atoms with E-state index in [4.69, 9.17) is 0 Å². The third-order valence-electron chi connectivity index (χ3n) is 3.88. The number of hydrogen-bond donors (Lipinski definition) is 0. The molecule has 1 unspecified atom stereocenters. The second-order valence-corrected chi connectivity index (χ2v) is 5.46. The van der Waals surface area contributed by atoms with Crippen LogP contribution in [0.4, 0.5) is 0 Å². The fourth-order valence-electron chi connectivity index (χ4n) is 2.89. The molecule has 0 amide bonds. The van der Waals surface area contributed by atoms with Crippen LogP contribution in [0, 0.1) is 6.92 Å². The molecule has 0 N–H and O–H groups in total. The van der Waals surface area contributed by atoms with Crippen LogP contribution in [0.5, 0.6) is 0 Å². The maximum atomic E-state index is 4.59. The van der Waals surface area contributed by atoms with Gasteiger partial charge < -0.3 is 0 Å². The van der Waals surface area contributed by atoms with E-state index in [1.807, 2.05) is 25.5 Å².